The average molecular weight is 313 g/mol. The molecule has 2 heterocycles. The molecule has 5 heteroatoms. The van der Waals surface area contributed by atoms with Crippen LogP contribution in [0.4, 0.5) is 0 Å². The fourth-order valence-corrected chi connectivity index (χ4v) is 3.35. The second-order valence-electron chi connectivity index (χ2n) is 6.22. The Hall–Kier alpha value is -2.14. The number of carbonyl (C=O) groups is 1. The largest absolute Gasteiger partial charge is 0.360 e. The van der Waals surface area contributed by atoms with Gasteiger partial charge in [-0.2, -0.15) is 0 Å². The van der Waals surface area contributed by atoms with Gasteiger partial charge in [0.05, 0.1) is 0 Å². The van der Waals surface area contributed by atoms with Crippen LogP contribution in [-0.4, -0.2) is 41.5 Å². The molecular formula is C18H23N3O2. The Balaban J connectivity index is 1.78. The van der Waals surface area contributed by atoms with Crippen molar-refractivity contribution in [3.63, 3.8) is 0 Å². The maximum Gasteiger partial charge on any atom is 0.256 e. The average Bonchev–Trinajstić information content (AvgIpc) is 3.01. The number of benzene rings is 1. The molecule has 0 spiro atoms. The minimum Gasteiger partial charge on any atom is -0.360 e. The van der Waals surface area contributed by atoms with E-state index in [9.17, 15) is 9.59 Å². The van der Waals surface area contributed by atoms with Gasteiger partial charge in [-0.25, -0.2) is 0 Å². The van der Waals surface area contributed by atoms with E-state index in [-0.39, 0.29) is 16.9 Å². The first-order valence-corrected chi connectivity index (χ1v) is 8.24. The van der Waals surface area contributed by atoms with Crippen molar-refractivity contribution in [3.8, 4) is 0 Å². The summed E-state index contributed by atoms with van der Waals surface area (Å²) in [5.41, 5.74) is 1.73. The Labute approximate surface area is 135 Å². The molecule has 1 amide bonds. The highest BCUT2D eigenvalue weighted by atomic mass is 16.2. The number of aromatic nitrogens is 1. The van der Waals surface area contributed by atoms with Gasteiger partial charge in [-0.15, -0.1) is 0 Å². The van der Waals surface area contributed by atoms with E-state index >= 15 is 0 Å². The van der Waals surface area contributed by atoms with Gasteiger partial charge < -0.3 is 10.3 Å². The molecule has 1 aromatic carbocycles. The topological polar surface area (TPSA) is 65.2 Å². The van der Waals surface area contributed by atoms with Gasteiger partial charge in [0, 0.05) is 29.7 Å². The Bertz CT molecular complexity index is 781. The molecular weight excluding hydrogens is 290 g/mol. The number of nitrogens with zero attached hydrogens (tertiary/aromatic N) is 1. The number of H-pyrrole nitrogens is 1. The number of pyridine rings is 1. The fraction of sp³-hybridized carbons (Fsp3) is 0.444. The van der Waals surface area contributed by atoms with Crippen molar-refractivity contribution in [1.82, 2.24) is 15.2 Å². The highest BCUT2D eigenvalue weighted by molar-refractivity contribution is 5.97. The molecule has 23 heavy (non-hydrogen) atoms. The second-order valence-corrected chi connectivity index (χ2v) is 6.22. The van der Waals surface area contributed by atoms with Crippen molar-refractivity contribution in [2.24, 2.45) is 0 Å². The van der Waals surface area contributed by atoms with Crippen LogP contribution in [0.15, 0.2) is 29.2 Å². The lowest BCUT2D eigenvalue weighted by molar-refractivity contribution is 0.0940. The van der Waals surface area contributed by atoms with Gasteiger partial charge >= 0.3 is 0 Å². The van der Waals surface area contributed by atoms with Gasteiger partial charge in [0.25, 0.3) is 5.91 Å². The zero-order chi connectivity index (χ0) is 16.4. The van der Waals surface area contributed by atoms with Crippen LogP contribution in [0.5, 0.6) is 0 Å². The summed E-state index contributed by atoms with van der Waals surface area (Å²) in [7, 11) is 0. The summed E-state index contributed by atoms with van der Waals surface area (Å²) < 4.78 is 0. The van der Waals surface area contributed by atoms with Crippen molar-refractivity contribution in [3.05, 3.63) is 45.7 Å². The molecule has 1 aliphatic heterocycles. The number of rotatable bonds is 4. The predicted molar refractivity (Wildman–Crippen MR) is 91.9 cm³/mol. The van der Waals surface area contributed by atoms with Crippen LogP contribution in [0.25, 0.3) is 10.9 Å². The minimum absolute atomic E-state index is 0.184. The molecule has 122 valence electrons. The van der Waals surface area contributed by atoms with Crippen LogP contribution in [0.1, 0.15) is 35.7 Å². The molecule has 1 unspecified atom stereocenters. The first kappa shape index (κ1) is 15.7. The molecule has 5 nitrogen and oxygen atoms in total. The van der Waals surface area contributed by atoms with Crippen molar-refractivity contribution in [1.29, 1.82) is 0 Å². The summed E-state index contributed by atoms with van der Waals surface area (Å²) in [6, 6.07) is 6.01. The molecule has 1 aromatic heterocycles. The maximum atomic E-state index is 12.5. The smallest absolute Gasteiger partial charge is 0.256 e. The molecule has 2 N–H and O–H groups in total. The predicted octanol–water partition coefficient (Wildman–Crippen LogP) is 2.05. The molecule has 0 bridgehead atoms. The Morgan fingerprint density at radius 3 is 3.04 bits per heavy atom. The van der Waals surface area contributed by atoms with Gasteiger partial charge in [0.2, 0.25) is 5.43 Å². The number of nitrogens with one attached hydrogen (secondary N) is 2. The zero-order valence-electron chi connectivity index (χ0n) is 13.7. The lowest BCUT2D eigenvalue weighted by Gasteiger charge is -2.22. The molecule has 0 aliphatic carbocycles. The first-order chi connectivity index (χ1) is 11.1. The number of carbonyl (C=O) groups excluding carboxylic acids is 1. The number of aryl methyl sites for hydroxylation is 1. The van der Waals surface area contributed by atoms with Gasteiger partial charge in [0.1, 0.15) is 5.56 Å². The van der Waals surface area contributed by atoms with E-state index in [0.29, 0.717) is 18.0 Å². The third kappa shape index (κ3) is 3.15. The van der Waals surface area contributed by atoms with E-state index in [2.05, 4.69) is 22.1 Å². The number of likely N-dealkylation sites (tertiary alicyclic amines) is 1. The Kier molecular flexibility index (Phi) is 4.48. The van der Waals surface area contributed by atoms with Gasteiger partial charge in [0.15, 0.2) is 0 Å². The summed E-state index contributed by atoms with van der Waals surface area (Å²) in [6.07, 6.45) is 3.78. The van der Waals surface area contributed by atoms with E-state index in [1.807, 2.05) is 25.1 Å². The number of amides is 1. The summed E-state index contributed by atoms with van der Waals surface area (Å²) in [4.78, 5) is 30.4. The third-order valence-corrected chi connectivity index (χ3v) is 4.68. The number of fused-ring (bicyclic) bond motifs is 1. The number of aromatic amines is 1. The molecule has 0 radical (unpaired) electrons. The standard InChI is InChI=1S/C18H23N3O2/c1-3-21-8-4-5-13(21)10-20-18(23)15-11-19-16-7-6-12(2)9-14(16)17(15)22/h6-7,9,11,13H,3-5,8,10H2,1-2H3,(H,19,22)(H,20,23). The van der Waals surface area contributed by atoms with E-state index < -0.39 is 0 Å². The Morgan fingerprint density at radius 1 is 1.43 bits per heavy atom. The van der Waals surface area contributed by atoms with Crippen molar-refractivity contribution in [2.45, 2.75) is 32.7 Å². The van der Waals surface area contributed by atoms with Crippen LogP contribution in [0, 0.1) is 6.92 Å². The lowest BCUT2D eigenvalue weighted by Crippen LogP contribution is -2.41. The third-order valence-electron chi connectivity index (χ3n) is 4.68. The molecule has 1 atom stereocenters. The Morgan fingerprint density at radius 2 is 2.26 bits per heavy atom. The van der Waals surface area contributed by atoms with E-state index in [1.165, 1.54) is 12.6 Å². The van der Waals surface area contributed by atoms with Gasteiger partial charge in [-0.3, -0.25) is 14.5 Å². The van der Waals surface area contributed by atoms with E-state index in [1.54, 1.807) is 0 Å². The van der Waals surface area contributed by atoms with Crippen LogP contribution in [0.3, 0.4) is 0 Å². The van der Waals surface area contributed by atoms with Crippen molar-refractivity contribution < 1.29 is 4.79 Å². The van der Waals surface area contributed by atoms with Crippen LogP contribution in [-0.2, 0) is 0 Å². The number of hydrogen-bond donors (Lipinski definition) is 2. The molecule has 3 rings (SSSR count). The van der Waals surface area contributed by atoms with Crippen LogP contribution >= 0.6 is 0 Å². The minimum atomic E-state index is -0.294. The monoisotopic (exact) mass is 313 g/mol. The summed E-state index contributed by atoms with van der Waals surface area (Å²) in [6.45, 7) is 6.75. The quantitative estimate of drug-likeness (QED) is 0.908. The number of hydrogen-bond acceptors (Lipinski definition) is 3. The molecule has 1 fully saturated rings. The maximum absolute atomic E-state index is 12.5. The van der Waals surface area contributed by atoms with Crippen molar-refractivity contribution in [2.75, 3.05) is 19.6 Å². The molecule has 2 aromatic rings. The SMILES string of the molecule is CCN1CCCC1CNC(=O)c1c[nH]c2ccc(C)cc2c1=O. The highest BCUT2D eigenvalue weighted by Gasteiger charge is 2.23. The van der Waals surface area contributed by atoms with Gasteiger partial charge in [-0.1, -0.05) is 18.6 Å². The zero-order valence-corrected chi connectivity index (χ0v) is 13.7. The number of likely N-dealkylation sites (N-methyl/N-ethyl adjacent to an activating group) is 1. The molecule has 0 saturated carbocycles. The normalized spacial score (nSPS) is 18.4. The summed E-state index contributed by atoms with van der Waals surface area (Å²) in [5, 5.41) is 3.49. The highest BCUT2D eigenvalue weighted by Crippen LogP contribution is 2.16. The lowest BCUT2D eigenvalue weighted by atomic mass is 10.1. The molecule has 1 aliphatic rings. The van der Waals surface area contributed by atoms with E-state index in [0.717, 1.165) is 30.6 Å². The summed E-state index contributed by atoms with van der Waals surface area (Å²) >= 11 is 0. The fourth-order valence-electron chi connectivity index (χ4n) is 3.35. The summed E-state index contributed by atoms with van der Waals surface area (Å²) in [5.74, 6) is -0.294. The van der Waals surface area contributed by atoms with E-state index in [4.69, 9.17) is 0 Å². The van der Waals surface area contributed by atoms with Crippen LogP contribution in [0.2, 0.25) is 0 Å². The van der Waals surface area contributed by atoms with Gasteiger partial charge in [-0.05, 0) is 45.0 Å². The van der Waals surface area contributed by atoms with Crippen molar-refractivity contribution >= 4 is 16.8 Å². The first-order valence-electron chi connectivity index (χ1n) is 8.24. The van der Waals surface area contributed by atoms with Crippen LogP contribution < -0.4 is 10.7 Å². The second kappa shape index (κ2) is 6.54. The molecule has 1 saturated heterocycles.